The van der Waals surface area contributed by atoms with Gasteiger partial charge in [0.05, 0.1) is 12.3 Å². The molecule has 0 bridgehead atoms. The van der Waals surface area contributed by atoms with Crippen molar-refractivity contribution in [3.63, 3.8) is 0 Å². The molecule has 1 atom stereocenters. The third kappa shape index (κ3) is 4.86. The lowest BCUT2D eigenvalue weighted by atomic mass is 9.98. The number of likely N-dealkylation sites (tertiary alicyclic amines) is 1. The number of carbonyl (C=O) groups is 2. The highest BCUT2D eigenvalue weighted by molar-refractivity contribution is 6.05. The van der Waals surface area contributed by atoms with E-state index in [2.05, 4.69) is 10.5 Å². The number of oxime groups is 1. The van der Waals surface area contributed by atoms with Gasteiger partial charge in [-0.05, 0) is 42.2 Å². The van der Waals surface area contributed by atoms with Crippen molar-refractivity contribution in [3.05, 3.63) is 59.7 Å². The largest absolute Gasteiger partial charge is 0.399 e. The lowest BCUT2D eigenvalue weighted by molar-refractivity contribution is -0.124. The summed E-state index contributed by atoms with van der Waals surface area (Å²) in [6.07, 6.45) is 0.789. The van der Waals surface area contributed by atoms with Gasteiger partial charge in [-0.3, -0.25) is 9.59 Å². The van der Waals surface area contributed by atoms with Crippen molar-refractivity contribution in [1.82, 2.24) is 10.2 Å². The molecule has 7 heteroatoms. The number of rotatable bonds is 7. The molecule has 1 fully saturated rings. The van der Waals surface area contributed by atoms with Gasteiger partial charge in [-0.2, -0.15) is 0 Å². The Morgan fingerprint density at radius 2 is 2.00 bits per heavy atom. The number of nitrogens with zero attached hydrogens (tertiary/aromatic N) is 2. The molecule has 2 N–H and O–H groups in total. The lowest BCUT2D eigenvalue weighted by Crippen LogP contribution is -2.46. The molecule has 0 radical (unpaired) electrons. The van der Waals surface area contributed by atoms with Gasteiger partial charge in [0.2, 0.25) is 5.91 Å². The van der Waals surface area contributed by atoms with Crippen LogP contribution in [0.15, 0.2) is 53.7 Å². The minimum absolute atomic E-state index is 0.00296. The molecule has 7 nitrogen and oxygen atoms in total. The Morgan fingerprint density at radius 3 is 2.67 bits per heavy atom. The fraction of sp³-hybridized carbons (Fsp3) is 0.348. The van der Waals surface area contributed by atoms with Crippen molar-refractivity contribution in [2.75, 3.05) is 26.8 Å². The number of aliphatic hydroxyl groups is 1. The Balaban J connectivity index is 1.83. The van der Waals surface area contributed by atoms with Gasteiger partial charge >= 0.3 is 0 Å². The molecular formula is C23H27N3O4. The van der Waals surface area contributed by atoms with E-state index >= 15 is 0 Å². The van der Waals surface area contributed by atoms with E-state index in [4.69, 9.17) is 9.94 Å². The first-order valence-electron chi connectivity index (χ1n) is 9.99. The van der Waals surface area contributed by atoms with Gasteiger partial charge in [-0.15, -0.1) is 0 Å². The molecule has 158 valence electrons. The van der Waals surface area contributed by atoms with Crippen molar-refractivity contribution in [2.24, 2.45) is 5.16 Å². The first-order valence-corrected chi connectivity index (χ1v) is 9.99. The van der Waals surface area contributed by atoms with E-state index in [1.54, 1.807) is 6.07 Å². The third-order valence-corrected chi connectivity index (χ3v) is 5.13. The number of aryl methyl sites for hydroxylation is 1. The minimum Gasteiger partial charge on any atom is -0.399 e. The van der Waals surface area contributed by atoms with Gasteiger partial charge in [-0.25, -0.2) is 0 Å². The summed E-state index contributed by atoms with van der Waals surface area (Å²) in [5.41, 5.74) is 4.31. The van der Waals surface area contributed by atoms with E-state index in [0.29, 0.717) is 30.7 Å². The van der Waals surface area contributed by atoms with Crippen LogP contribution in [-0.4, -0.2) is 60.4 Å². The zero-order valence-corrected chi connectivity index (χ0v) is 17.3. The van der Waals surface area contributed by atoms with Crippen LogP contribution < -0.4 is 5.32 Å². The predicted molar refractivity (Wildman–Crippen MR) is 115 cm³/mol. The summed E-state index contributed by atoms with van der Waals surface area (Å²) < 4.78 is 0. The van der Waals surface area contributed by atoms with Crippen LogP contribution in [0, 0.1) is 6.92 Å². The quantitative estimate of drug-likeness (QED) is 0.543. The molecular weight excluding hydrogens is 382 g/mol. The van der Waals surface area contributed by atoms with Crippen LogP contribution in [0.1, 0.15) is 28.8 Å². The Hall–Kier alpha value is -3.19. The summed E-state index contributed by atoms with van der Waals surface area (Å²) in [4.78, 5) is 32.3. The highest BCUT2D eigenvalue weighted by Crippen LogP contribution is 2.26. The van der Waals surface area contributed by atoms with Crippen LogP contribution >= 0.6 is 0 Å². The second-order valence-electron chi connectivity index (χ2n) is 7.26. The van der Waals surface area contributed by atoms with Gasteiger partial charge < -0.3 is 20.2 Å². The number of amides is 2. The van der Waals surface area contributed by atoms with E-state index in [0.717, 1.165) is 16.7 Å². The maximum atomic E-state index is 13.3. The Bertz CT molecular complexity index is 927. The third-order valence-electron chi connectivity index (χ3n) is 5.13. The summed E-state index contributed by atoms with van der Waals surface area (Å²) in [5, 5.41) is 15.7. The van der Waals surface area contributed by atoms with Crippen molar-refractivity contribution in [2.45, 2.75) is 25.8 Å². The van der Waals surface area contributed by atoms with Gasteiger partial charge in [0, 0.05) is 25.1 Å². The predicted octanol–water partition coefficient (Wildman–Crippen LogP) is 2.38. The SMILES string of the molecule is CON=C1C[C@@H](C(=O)NCCCO)N(C(=O)c2ccc(-c3ccccc3)c(C)c2)C1. The number of benzene rings is 2. The molecule has 2 aromatic carbocycles. The smallest absolute Gasteiger partial charge is 0.254 e. The highest BCUT2D eigenvalue weighted by atomic mass is 16.6. The van der Waals surface area contributed by atoms with Crippen molar-refractivity contribution in [1.29, 1.82) is 0 Å². The van der Waals surface area contributed by atoms with Crippen LogP contribution in [0.5, 0.6) is 0 Å². The van der Waals surface area contributed by atoms with E-state index in [1.807, 2.05) is 49.4 Å². The first-order chi connectivity index (χ1) is 14.5. The number of hydrogen-bond acceptors (Lipinski definition) is 5. The number of hydrogen-bond donors (Lipinski definition) is 2. The zero-order valence-electron chi connectivity index (χ0n) is 17.3. The van der Waals surface area contributed by atoms with Crippen molar-refractivity contribution >= 4 is 17.5 Å². The van der Waals surface area contributed by atoms with Crippen molar-refractivity contribution in [3.8, 4) is 11.1 Å². The molecule has 0 aromatic heterocycles. The molecule has 30 heavy (non-hydrogen) atoms. The van der Waals surface area contributed by atoms with E-state index in [1.165, 1.54) is 12.0 Å². The second kappa shape index (κ2) is 10.0. The topological polar surface area (TPSA) is 91.2 Å². The molecule has 2 aromatic rings. The molecule has 0 unspecified atom stereocenters. The van der Waals surface area contributed by atoms with Crippen LogP contribution in [0.25, 0.3) is 11.1 Å². The molecule has 0 aliphatic carbocycles. The average molecular weight is 409 g/mol. The normalized spacial score (nSPS) is 17.2. The summed E-state index contributed by atoms with van der Waals surface area (Å²) >= 11 is 0. The highest BCUT2D eigenvalue weighted by Gasteiger charge is 2.38. The van der Waals surface area contributed by atoms with Gasteiger partial charge in [0.1, 0.15) is 13.2 Å². The van der Waals surface area contributed by atoms with Crippen molar-refractivity contribution < 1.29 is 19.5 Å². The van der Waals surface area contributed by atoms with Gasteiger partial charge in [0.25, 0.3) is 5.91 Å². The summed E-state index contributed by atoms with van der Waals surface area (Å²) in [7, 11) is 1.44. The van der Waals surface area contributed by atoms with Gasteiger partial charge in [0.15, 0.2) is 0 Å². The summed E-state index contributed by atoms with van der Waals surface area (Å²) in [6.45, 7) is 2.57. The van der Waals surface area contributed by atoms with Crippen LogP contribution in [0.3, 0.4) is 0 Å². The minimum atomic E-state index is -0.654. The van der Waals surface area contributed by atoms with Crippen LogP contribution in [-0.2, 0) is 9.63 Å². The van der Waals surface area contributed by atoms with E-state index < -0.39 is 6.04 Å². The molecule has 1 saturated heterocycles. The zero-order chi connectivity index (χ0) is 21.5. The number of nitrogens with one attached hydrogen (secondary N) is 1. The molecule has 2 amide bonds. The average Bonchev–Trinajstić information content (AvgIpc) is 3.18. The lowest BCUT2D eigenvalue weighted by Gasteiger charge is -2.23. The maximum Gasteiger partial charge on any atom is 0.254 e. The monoisotopic (exact) mass is 409 g/mol. The fourth-order valence-electron chi connectivity index (χ4n) is 3.66. The van der Waals surface area contributed by atoms with Crippen LogP contribution in [0.2, 0.25) is 0 Å². The van der Waals surface area contributed by atoms with Gasteiger partial charge in [-0.1, -0.05) is 41.6 Å². The fourth-order valence-corrected chi connectivity index (χ4v) is 3.66. The number of aliphatic hydroxyl groups excluding tert-OH is 1. The second-order valence-corrected chi connectivity index (χ2v) is 7.26. The first kappa shape index (κ1) is 21.5. The molecule has 0 saturated carbocycles. The summed E-state index contributed by atoms with van der Waals surface area (Å²) in [5.74, 6) is -0.475. The summed E-state index contributed by atoms with van der Waals surface area (Å²) in [6, 6.07) is 14.9. The Labute approximate surface area is 176 Å². The Morgan fingerprint density at radius 1 is 1.23 bits per heavy atom. The molecule has 1 aliphatic heterocycles. The standard InChI is InChI=1S/C23H27N3O4/c1-16-13-18(9-10-20(16)17-7-4-3-5-8-17)23(29)26-15-19(25-30-2)14-21(26)22(28)24-11-6-12-27/h3-5,7-10,13,21,27H,6,11-12,14-15H2,1-2H3,(H,24,28)/t21-/m0/s1. The maximum absolute atomic E-state index is 13.3. The Kier molecular flexibility index (Phi) is 7.19. The molecule has 3 rings (SSSR count). The molecule has 1 heterocycles. The van der Waals surface area contributed by atoms with Crippen LogP contribution in [0.4, 0.5) is 0 Å². The number of carbonyl (C=O) groups excluding carboxylic acids is 2. The molecule has 0 spiro atoms. The van der Waals surface area contributed by atoms with E-state index in [9.17, 15) is 9.59 Å². The van der Waals surface area contributed by atoms with E-state index in [-0.39, 0.29) is 25.0 Å². The molecule has 1 aliphatic rings.